The fourth-order valence-corrected chi connectivity index (χ4v) is 1.36. The molecule has 1 aromatic heterocycles. The first-order chi connectivity index (χ1) is 7.56. The van der Waals surface area contributed by atoms with Gasteiger partial charge in [0.05, 0.1) is 5.02 Å². The van der Waals surface area contributed by atoms with Gasteiger partial charge in [0.1, 0.15) is 11.6 Å². The van der Waals surface area contributed by atoms with Gasteiger partial charge in [0.15, 0.2) is 0 Å². The van der Waals surface area contributed by atoms with Crippen LogP contribution in [0.15, 0.2) is 23.0 Å². The smallest absolute Gasteiger partial charge is 0.349 e. The van der Waals surface area contributed by atoms with E-state index in [1.807, 2.05) is 0 Å². The molecule has 7 heteroatoms. The minimum atomic E-state index is -0.622. The molecule has 1 aromatic carbocycles. The summed E-state index contributed by atoms with van der Waals surface area (Å²) in [4.78, 5) is 20.6. The summed E-state index contributed by atoms with van der Waals surface area (Å²) in [7, 11) is 0. The highest BCUT2D eigenvalue weighted by Crippen LogP contribution is 2.21. The number of H-pyrrole nitrogens is 1. The molecule has 0 bridgehead atoms. The van der Waals surface area contributed by atoms with Crippen LogP contribution in [0.5, 0.6) is 0 Å². The van der Waals surface area contributed by atoms with E-state index in [9.17, 15) is 9.18 Å². The average Bonchev–Trinajstić information content (AvgIpc) is 2.20. The number of halogens is 2. The van der Waals surface area contributed by atoms with Crippen LogP contribution in [0, 0.1) is 5.82 Å². The van der Waals surface area contributed by atoms with Crippen LogP contribution < -0.4 is 11.4 Å². The predicted molar refractivity (Wildman–Crippen MR) is 57.5 cm³/mol. The molecule has 2 rings (SSSR count). The van der Waals surface area contributed by atoms with Crippen molar-refractivity contribution in [3.63, 3.8) is 0 Å². The van der Waals surface area contributed by atoms with Crippen molar-refractivity contribution >= 4 is 17.5 Å². The Labute approximate surface area is 94.1 Å². The van der Waals surface area contributed by atoms with Gasteiger partial charge in [-0.3, -0.25) is 4.98 Å². The number of aromatic amines is 1. The molecule has 0 aliphatic heterocycles. The average molecular weight is 241 g/mol. The molecule has 0 saturated carbocycles. The van der Waals surface area contributed by atoms with Crippen LogP contribution in [0.2, 0.25) is 5.02 Å². The third-order valence-corrected chi connectivity index (χ3v) is 2.15. The number of nitrogens with two attached hydrogens (primary N) is 1. The molecule has 0 amide bonds. The van der Waals surface area contributed by atoms with E-state index in [1.54, 1.807) is 0 Å². The second-order valence-electron chi connectivity index (χ2n) is 2.99. The van der Waals surface area contributed by atoms with Gasteiger partial charge in [-0.15, -0.1) is 0 Å². The Morgan fingerprint density at radius 3 is 2.75 bits per heavy atom. The summed E-state index contributed by atoms with van der Waals surface area (Å²) in [6.45, 7) is 0. The zero-order chi connectivity index (χ0) is 11.7. The van der Waals surface area contributed by atoms with Crippen LogP contribution in [0.3, 0.4) is 0 Å². The quantitative estimate of drug-likeness (QED) is 0.785. The Balaban J connectivity index is 2.58. The van der Waals surface area contributed by atoms with Crippen molar-refractivity contribution in [1.82, 2.24) is 15.0 Å². The molecule has 0 aliphatic rings. The third kappa shape index (κ3) is 2.01. The predicted octanol–water partition coefficient (Wildman–Crippen LogP) is 1.21. The number of hydrogen-bond donors (Lipinski definition) is 2. The van der Waals surface area contributed by atoms with Crippen molar-refractivity contribution in [3.8, 4) is 11.4 Å². The van der Waals surface area contributed by atoms with E-state index in [0.29, 0.717) is 5.56 Å². The maximum absolute atomic E-state index is 12.9. The number of aromatic nitrogens is 3. The summed E-state index contributed by atoms with van der Waals surface area (Å²) in [6.07, 6.45) is 0. The van der Waals surface area contributed by atoms with Gasteiger partial charge in [0.25, 0.3) is 0 Å². The molecule has 5 nitrogen and oxygen atoms in total. The lowest BCUT2D eigenvalue weighted by Crippen LogP contribution is -2.15. The SMILES string of the molecule is Nc1nc(-c2ccc(F)c(Cl)c2)[nH]c(=O)n1. The minimum absolute atomic E-state index is 0.0597. The molecule has 82 valence electrons. The maximum Gasteiger partial charge on any atom is 0.349 e. The van der Waals surface area contributed by atoms with E-state index < -0.39 is 11.5 Å². The second-order valence-corrected chi connectivity index (χ2v) is 3.40. The number of nitrogens with one attached hydrogen (secondary N) is 1. The van der Waals surface area contributed by atoms with Crippen molar-refractivity contribution in [2.75, 3.05) is 5.73 Å². The van der Waals surface area contributed by atoms with E-state index in [1.165, 1.54) is 18.2 Å². The van der Waals surface area contributed by atoms with Gasteiger partial charge in [0.2, 0.25) is 5.95 Å². The van der Waals surface area contributed by atoms with Gasteiger partial charge in [-0.2, -0.15) is 9.97 Å². The van der Waals surface area contributed by atoms with Gasteiger partial charge in [-0.25, -0.2) is 9.18 Å². The Kier molecular flexibility index (Phi) is 2.57. The van der Waals surface area contributed by atoms with Crippen LogP contribution in [0.25, 0.3) is 11.4 Å². The lowest BCUT2D eigenvalue weighted by Gasteiger charge is -2.01. The lowest BCUT2D eigenvalue weighted by atomic mass is 10.2. The summed E-state index contributed by atoms with van der Waals surface area (Å²) in [6, 6.07) is 3.95. The number of nitrogens with zero attached hydrogens (tertiary/aromatic N) is 2. The molecule has 0 radical (unpaired) electrons. The molecule has 2 aromatic rings. The summed E-state index contributed by atoms with van der Waals surface area (Å²) in [5, 5.41) is -0.0597. The van der Waals surface area contributed by atoms with Crippen LogP contribution in [-0.2, 0) is 0 Å². The van der Waals surface area contributed by atoms with E-state index in [0.717, 1.165) is 0 Å². The van der Waals surface area contributed by atoms with Gasteiger partial charge in [-0.1, -0.05) is 11.6 Å². The number of hydrogen-bond acceptors (Lipinski definition) is 4. The minimum Gasteiger partial charge on any atom is -0.368 e. The maximum atomic E-state index is 12.9. The number of nitrogen functional groups attached to an aromatic ring is 1. The topological polar surface area (TPSA) is 84.7 Å². The fourth-order valence-electron chi connectivity index (χ4n) is 1.18. The largest absolute Gasteiger partial charge is 0.368 e. The lowest BCUT2D eigenvalue weighted by molar-refractivity contribution is 0.628. The number of rotatable bonds is 1. The van der Waals surface area contributed by atoms with Crippen LogP contribution in [0.4, 0.5) is 10.3 Å². The summed E-state index contributed by atoms with van der Waals surface area (Å²) in [5.74, 6) is -0.506. The highest BCUT2D eigenvalue weighted by molar-refractivity contribution is 6.31. The molecular weight excluding hydrogens is 235 g/mol. The van der Waals surface area contributed by atoms with Gasteiger partial charge < -0.3 is 5.73 Å². The molecular formula is C9H6ClFN4O. The van der Waals surface area contributed by atoms with E-state index in [-0.39, 0.29) is 16.8 Å². The number of benzene rings is 1. The molecule has 0 unspecified atom stereocenters. The first-order valence-corrected chi connectivity index (χ1v) is 4.63. The van der Waals surface area contributed by atoms with E-state index >= 15 is 0 Å². The molecule has 3 N–H and O–H groups in total. The van der Waals surface area contributed by atoms with Gasteiger partial charge in [0, 0.05) is 5.56 Å². The van der Waals surface area contributed by atoms with E-state index in [4.69, 9.17) is 17.3 Å². The number of anilines is 1. The molecule has 16 heavy (non-hydrogen) atoms. The summed E-state index contributed by atoms with van der Waals surface area (Å²) >= 11 is 5.60. The highest BCUT2D eigenvalue weighted by atomic mass is 35.5. The molecule has 0 aliphatic carbocycles. The Hall–Kier alpha value is -1.95. The second kappa shape index (κ2) is 3.90. The monoisotopic (exact) mass is 240 g/mol. The summed E-state index contributed by atoms with van der Waals surface area (Å²) < 4.78 is 12.9. The molecule has 0 saturated heterocycles. The van der Waals surface area contributed by atoms with Crippen LogP contribution in [0.1, 0.15) is 0 Å². The van der Waals surface area contributed by atoms with Gasteiger partial charge >= 0.3 is 5.69 Å². The van der Waals surface area contributed by atoms with E-state index in [2.05, 4.69) is 15.0 Å². The first kappa shape index (κ1) is 10.6. The Morgan fingerprint density at radius 1 is 1.38 bits per heavy atom. The fraction of sp³-hybridized carbons (Fsp3) is 0. The van der Waals surface area contributed by atoms with Crippen molar-refractivity contribution in [2.45, 2.75) is 0 Å². The van der Waals surface area contributed by atoms with Gasteiger partial charge in [-0.05, 0) is 18.2 Å². The molecule has 0 atom stereocenters. The normalized spacial score (nSPS) is 10.4. The first-order valence-electron chi connectivity index (χ1n) is 4.25. The Morgan fingerprint density at radius 2 is 2.12 bits per heavy atom. The van der Waals surface area contributed by atoms with Crippen LogP contribution >= 0.6 is 11.6 Å². The molecule has 0 fully saturated rings. The standard InChI is InChI=1S/C9H6ClFN4O/c10-5-3-4(1-2-6(5)11)7-13-8(12)15-9(16)14-7/h1-3H,(H3,12,13,14,15,16). The Bertz CT molecular complexity index is 598. The van der Waals surface area contributed by atoms with Crippen molar-refractivity contribution in [1.29, 1.82) is 0 Å². The molecule has 1 heterocycles. The zero-order valence-electron chi connectivity index (χ0n) is 7.87. The van der Waals surface area contributed by atoms with Crippen molar-refractivity contribution in [3.05, 3.63) is 39.5 Å². The van der Waals surface area contributed by atoms with Crippen LogP contribution in [-0.4, -0.2) is 15.0 Å². The molecule has 0 spiro atoms. The summed E-state index contributed by atoms with van der Waals surface area (Å²) in [5.41, 5.74) is 5.15. The van der Waals surface area contributed by atoms with Crippen molar-refractivity contribution < 1.29 is 4.39 Å². The van der Waals surface area contributed by atoms with Crippen molar-refractivity contribution in [2.24, 2.45) is 0 Å². The highest BCUT2D eigenvalue weighted by Gasteiger charge is 2.06. The zero-order valence-corrected chi connectivity index (χ0v) is 8.62. The third-order valence-electron chi connectivity index (χ3n) is 1.86.